The van der Waals surface area contributed by atoms with Crippen LogP contribution in [0.2, 0.25) is 5.15 Å². The van der Waals surface area contributed by atoms with E-state index in [1.807, 2.05) is 28.8 Å². The van der Waals surface area contributed by atoms with E-state index < -0.39 is 0 Å². The van der Waals surface area contributed by atoms with Crippen molar-refractivity contribution in [1.82, 2.24) is 19.7 Å². The lowest BCUT2D eigenvalue weighted by Crippen LogP contribution is -2.02. The van der Waals surface area contributed by atoms with Crippen molar-refractivity contribution in [2.45, 2.75) is 23.9 Å². The summed E-state index contributed by atoms with van der Waals surface area (Å²) in [6.45, 7) is 1.57. The van der Waals surface area contributed by atoms with Gasteiger partial charge in [0.1, 0.15) is 11.5 Å². The molecule has 2 heterocycles. The van der Waals surface area contributed by atoms with Crippen molar-refractivity contribution in [2.24, 2.45) is 0 Å². The van der Waals surface area contributed by atoms with E-state index in [0.717, 1.165) is 41.2 Å². The molecule has 0 aliphatic heterocycles. The van der Waals surface area contributed by atoms with Crippen LogP contribution in [0.4, 0.5) is 0 Å². The largest absolute Gasteiger partial charge is 0.385 e. The minimum Gasteiger partial charge on any atom is -0.385 e. The number of hydrogen-bond donors (Lipinski definition) is 0. The van der Waals surface area contributed by atoms with Crippen LogP contribution >= 0.6 is 23.4 Å². The lowest BCUT2D eigenvalue weighted by molar-refractivity contribution is 0.189. The molecule has 0 radical (unpaired) electrons. The molecule has 0 bridgehead atoms. The predicted molar refractivity (Wildman–Crippen MR) is 92.8 cm³/mol. The summed E-state index contributed by atoms with van der Waals surface area (Å²) in [5.41, 5.74) is 1.91. The monoisotopic (exact) mass is 348 g/mol. The summed E-state index contributed by atoms with van der Waals surface area (Å²) in [5.74, 6) is 0.708. The summed E-state index contributed by atoms with van der Waals surface area (Å²) < 4.78 is 7.11. The molecule has 1 aromatic carbocycles. The van der Waals surface area contributed by atoms with Gasteiger partial charge < -0.3 is 9.30 Å². The third-order valence-electron chi connectivity index (χ3n) is 3.43. The zero-order valence-electron chi connectivity index (χ0n) is 12.8. The number of halogens is 1. The molecule has 2 aromatic heterocycles. The Labute approximate surface area is 144 Å². The second-order valence-corrected chi connectivity index (χ2v) is 6.37. The fourth-order valence-corrected chi connectivity index (χ4v) is 3.47. The van der Waals surface area contributed by atoms with E-state index in [4.69, 9.17) is 16.3 Å². The van der Waals surface area contributed by atoms with Gasteiger partial charge in [0.15, 0.2) is 5.16 Å². The average Bonchev–Trinajstić information content (AvgIpc) is 3.00. The first-order valence-electron chi connectivity index (χ1n) is 7.31. The normalized spacial score (nSPS) is 11.2. The number of rotatable bonds is 7. The van der Waals surface area contributed by atoms with Crippen LogP contribution in [0.3, 0.4) is 0 Å². The molecule has 0 atom stereocenters. The van der Waals surface area contributed by atoms with E-state index in [-0.39, 0.29) is 0 Å². The van der Waals surface area contributed by atoms with Crippen LogP contribution in [-0.4, -0.2) is 33.5 Å². The number of fused-ring (bicyclic) bond motifs is 1. The van der Waals surface area contributed by atoms with Crippen molar-refractivity contribution >= 4 is 34.3 Å². The first-order chi connectivity index (χ1) is 11.3. The quantitative estimate of drug-likeness (QED) is 0.369. The van der Waals surface area contributed by atoms with Gasteiger partial charge >= 0.3 is 0 Å². The number of ether oxygens (including phenoxy) is 1. The SMILES string of the molecule is COCCCn1cnnc1SCc1cc2ccccc2nc1Cl. The molecule has 5 nitrogen and oxygen atoms in total. The van der Waals surface area contributed by atoms with E-state index >= 15 is 0 Å². The molecule has 0 N–H and O–H groups in total. The number of thioether (sulfide) groups is 1. The summed E-state index contributed by atoms with van der Waals surface area (Å²) in [6, 6.07) is 10.1. The Hall–Kier alpha value is -1.63. The molecule has 3 rings (SSSR count). The lowest BCUT2D eigenvalue weighted by Gasteiger charge is -2.07. The van der Waals surface area contributed by atoms with E-state index in [1.54, 1.807) is 25.2 Å². The Morgan fingerprint density at radius 3 is 3.04 bits per heavy atom. The third kappa shape index (κ3) is 4.02. The molecule has 120 valence electrons. The molecular weight excluding hydrogens is 332 g/mol. The zero-order valence-corrected chi connectivity index (χ0v) is 14.3. The van der Waals surface area contributed by atoms with Crippen molar-refractivity contribution < 1.29 is 4.74 Å². The van der Waals surface area contributed by atoms with Crippen LogP contribution in [-0.2, 0) is 17.0 Å². The third-order valence-corrected chi connectivity index (χ3v) is 4.79. The molecule has 7 heteroatoms. The van der Waals surface area contributed by atoms with Crippen molar-refractivity contribution in [3.63, 3.8) is 0 Å². The van der Waals surface area contributed by atoms with Gasteiger partial charge in [-0.3, -0.25) is 0 Å². The van der Waals surface area contributed by atoms with Gasteiger partial charge in [-0.25, -0.2) is 4.98 Å². The number of aromatic nitrogens is 4. The molecule has 3 aromatic rings. The van der Waals surface area contributed by atoms with E-state index in [1.165, 1.54) is 0 Å². The molecular formula is C16H17ClN4OS. The zero-order chi connectivity index (χ0) is 16.1. The first-order valence-corrected chi connectivity index (χ1v) is 8.68. The van der Waals surface area contributed by atoms with Gasteiger partial charge in [-0.05, 0) is 18.6 Å². The summed E-state index contributed by atoms with van der Waals surface area (Å²) in [4.78, 5) is 4.45. The molecule has 0 saturated carbocycles. The Bertz CT molecular complexity index is 793. The number of pyridine rings is 1. The fourth-order valence-electron chi connectivity index (χ4n) is 2.27. The Morgan fingerprint density at radius 1 is 1.30 bits per heavy atom. The van der Waals surface area contributed by atoms with Crippen LogP contribution in [0.25, 0.3) is 10.9 Å². The number of hydrogen-bond acceptors (Lipinski definition) is 5. The highest BCUT2D eigenvalue weighted by Crippen LogP contribution is 2.27. The highest BCUT2D eigenvalue weighted by Gasteiger charge is 2.09. The minimum atomic E-state index is 0.543. The molecule has 0 aliphatic carbocycles. The molecule has 23 heavy (non-hydrogen) atoms. The Kier molecular flexibility index (Phi) is 5.48. The standard InChI is InChI=1S/C16H17ClN4OS/c1-22-8-4-7-21-11-18-20-16(21)23-10-13-9-12-5-2-3-6-14(12)19-15(13)17/h2-3,5-6,9,11H,4,7-8,10H2,1H3. The summed E-state index contributed by atoms with van der Waals surface area (Å²) in [7, 11) is 1.70. The number of aryl methyl sites for hydroxylation is 1. The molecule has 0 aliphatic rings. The van der Waals surface area contributed by atoms with Gasteiger partial charge in [0, 0.05) is 37.0 Å². The van der Waals surface area contributed by atoms with Gasteiger partial charge in [0.25, 0.3) is 0 Å². The maximum absolute atomic E-state index is 6.30. The van der Waals surface area contributed by atoms with Crippen molar-refractivity contribution in [3.8, 4) is 0 Å². The number of nitrogens with zero attached hydrogens (tertiary/aromatic N) is 4. The van der Waals surface area contributed by atoms with Crippen LogP contribution in [0, 0.1) is 0 Å². The maximum atomic E-state index is 6.30. The van der Waals surface area contributed by atoms with Crippen LogP contribution in [0.15, 0.2) is 41.8 Å². The number of methoxy groups -OCH3 is 1. The van der Waals surface area contributed by atoms with Crippen LogP contribution in [0.5, 0.6) is 0 Å². The van der Waals surface area contributed by atoms with E-state index in [9.17, 15) is 0 Å². The second-order valence-electron chi connectivity index (χ2n) is 5.07. The van der Waals surface area contributed by atoms with Crippen molar-refractivity contribution in [1.29, 1.82) is 0 Å². The van der Waals surface area contributed by atoms with E-state index in [2.05, 4.69) is 21.2 Å². The molecule has 0 saturated heterocycles. The van der Waals surface area contributed by atoms with Gasteiger partial charge in [0.05, 0.1) is 5.52 Å². The van der Waals surface area contributed by atoms with Gasteiger partial charge in [0.2, 0.25) is 0 Å². The van der Waals surface area contributed by atoms with Crippen molar-refractivity contribution in [3.05, 3.63) is 47.4 Å². The molecule has 0 spiro atoms. The molecule has 0 fully saturated rings. The highest BCUT2D eigenvalue weighted by atomic mass is 35.5. The first kappa shape index (κ1) is 16.2. The second kappa shape index (κ2) is 7.77. The van der Waals surface area contributed by atoms with Crippen LogP contribution in [0.1, 0.15) is 12.0 Å². The molecule has 0 amide bonds. The number of benzene rings is 1. The smallest absolute Gasteiger partial charge is 0.191 e. The number of para-hydroxylation sites is 1. The fraction of sp³-hybridized carbons (Fsp3) is 0.312. The minimum absolute atomic E-state index is 0.543. The van der Waals surface area contributed by atoms with Gasteiger partial charge in [-0.15, -0.1) is 10.2 Å². The predicted octanol–water partition coefficient (Wildman–Crippen LogP) is 3.81. The van der Waals surface area contributed by atoms with Gasteiger partial charge in [-0.2, -0.15) is 0 Å². The maximum Gasteiger partial charge on any atom is 0.191 e. The lowest BCUT2D eigenvalue weighted by atomic mass is 10.2. The summed E-state index contributed by atoms with van der Waals surface area (Å²) in [6.07, 6.45) is 2.68. The van der Waals surface area contributed by atoms with E-state index in [0.29, 0.717) is 10.9 Å². The van der Waals surface area contributed by atoms with Crippen molar-refractivity contribution in [2.75, 3.05) is 13.7 Å². The Balaban J connectivity index is 1.71. The topological polar surface area (TPSA) is 52.8 Å². The highest BCUT2D eigenvalue weighted by molar-refractivity contribution is 7.98. The molecule has 0 unspecified atom stereocenters. The van der Waals surface area contributed by atoms with Gasteiger partial charge in [-0.1, -0.05) is 41.6 Å². The summed E-state index contributed by atoms with van der Waals surface area (Å²) in [5, 5.41) is 10.7. The Morgan fingerprint density at radius 2 is 2.17 bits per heavy atom. The average molecular weight is 349 g/mol. The van der Waals surface area contributed by atoms with Crippen LogP contribution < -0.4 is 0 Å². The summed E-state index contributed by atoms with van der Waals surface area (Å²) >= 11 is 7.91.